The molecule has 1 fully saturated rings. The van der Waals surface area contributed by atoms with Crippen LogP contribution in [0.15, 0.2) is 16.8 Å². The number of nitrogens with one attached hydrogen (secondary N) is 2. The zero-order valence-electron chi connectivity index (χ0n) is 11.1. The van der Waals surface area contributed by atoms with Gasteiger partial charge >= 0.3 is 0 Å². The minimum Gasteiger partial charge on any atom is -0.314 e. The molecule has 0 saturated heterocycles. The second kappa shape index (κ2) is 6.81. The molecule has 2 rings (SSSR count). The van der Waals surface area contributed by atoms with Gasteiger partial charge in [0.2, 0.25) is 0 Å². The number of hydrogen-bond donors (Lipinski definition) is 2. The summed E-state index contributed by atoms with van der Waals surface area (Å²) in [5.41, 5.74) is 0.998. The molecule has 0 bridgehead atoms. The summed E-state index contributed by atoms with van der Waals surface area (Å²) in [4.78, 5) is 0. The Bertz CT molecular complexity index is 469. The number of rotatable bonds is 9. The fraction of sp³-hybridized carbons (Fsp3) is 0.667. The summed E-state index contributed by atoms with van der Waals surface area (Å²) in [5.74, 6) is 0. The fourth-order valence-corrected chi connectivity index (χ4v) is 3.30. The Morgan fingerprint density at radius 1 is 1.47 bits per heavy atom. The maximum Gasteiger partial charge on any atom is 0.279 e. The van der Waals surface area contributed by atoms with Crippen molar-refractivity contribution in [2.75, 3.05) is 20.1 Å². The molecule has 1 aliphatic carbocycles. The van der Waals surface area contributed by atoms with Crippen molar-refractivity contribution in [2.24, 2.45) is 0 Å². The second-order valence-electron chi connectivity index (χ2n) is 4.86. The van der Waals surface area contributed by atoms with Crippen LogP contribution in [0, 0.1) is 0 Å². The quantitative estimate of drug-likeness (QED) is 0.673. The molecule has 0 atom stereocenters. The van der Waals surface area contributed by atoms with E-state index in [9.17, 15) is 8.42 Å². The average molecular weight is 303 g/mol. The molecule has 2 N–H and O–H groups in total. The van der Waals surface area contributed by atoms with Gasteiger partial charge < -0.3 is 5.32 Å². The maximum atomic E-state index is 12.0. The van der Waals surface area contributed by atoms with E-state index in [0.717, 1.165) is 18.5 Å². The van der Waals surface area contributed by atoms with E-state index in [1.165, 1.54) is 17.1 Å². The van der Waals surface area contributed by atoms with E-state index >= 15 is 0 Å². The van der Waals surface area contributed by atoms with Crippen molar-refractivity contribution >= 4 is 21.5 Å². The Hall–Kier alpha value is -0.470. The van der Waals surface area contributed by atoms with Crippen molar-refractivity contribution in [1.29, 1.82) is 0 Å². The molecule has 1 aromatic heterocycles. The molecular weight excluding hydrogens is 282 g/mol. The van der Waals surface area contributed by atoms with Gasteiger partial charge in [-0.05, 0) is 48.2 Å². The molecule has 0 radical (unpaired) electrons. The standard InChI is InChI=1S/C12H21N3O2S2/c1-15(7-2-6-13-12-3-4-12)19(16,17)14-9-11-5-8-18-10-11/h5,8,10,12-14H,2-4,6-7,9H2,1H3. The molecule has 1 aromatic rings. The first-order valence-electron chi connectivity index (χ1n) is 6.53. The van der Waals surface area contributed by atoms with Crippen molar-refractivity contribution in [2.45, 2.75) is 31.8 Å². The lowest BCUT2D eigenvalue weighted by Gasteiger charge is -2.17. The van der Waals surface area contributed by atoms with Crippen LogP contribution in [0.25, 0.3) is 0 Å². The van der Waals surface area contributed by atoms with E-state index in [0.29, 0.717) is 19.1 Å². The maximum absolute atomic E-state index is 12.0. The zero-order valence-corrected chi connectivity index (χ0v) is 12.8. The van der Waals surface area contributed by atoms with Gasteiger partial charge in [0, 0.05) is 26.2 Å². The highest BCUT2D eigenvalue weighted by atomic mass is 32.2. The zero-order chi connectivity index (χ0) is 13.7. The number of thiophene rings is 1. The SMILES string of the molecule is CN(CCCNC1CC1)S(=O)(=O)NCc1ccsc1. The van der Waals surface area contributed by atoms with Gasteiger partial charge in [0.1, 0.15) is 0 Å². The van der Waals surface area contributed by atoms with Gasteiger partial charge in [-0.2, -0.15) is 28.8 Å². The Kier molecular flexibility index (Phi) is 5.35. The molecule has 7 heteroatoms. The van der Waals surface area contributed by atoms with Gasteiger partial charge in [0.15, 0.2) is 0 Å². The molecular formula is C12H21N3O2S2. The monoisotopic (exact) mass is 303 g/mol. The molecule has 19 heavy (non-hydrogen) atoms. The van der Waals surface area contributed by atoms with E-state index in [2.05, 4.69) is 10.0 Å². The average Bonchev–Trinajstić information content (AvgIpc) is 3.05. The summed E-state index contributed by atoms with van der Waals surface area (Å²) < 4.78 is 27.9. The molecule has 1 saturated carbocycles. The van der Waals surface area contributed by atoms with Gasteiger partial charge in [-0.1, -0.05) is 0 Å². The molecule has 0 aromatic carbocycles. The first kappa shape index (κ1) is 14.9. The van der Waals surface area contributed by atoms with E-state index in [-0.39, 0.29) is 0 Å². The Labute approximate surface area is 119 Å². The summed E-state index contributed by atoms with van der Waals surface area (Å²) in [6, 6.07) is 2.60. The predicted octanol–water partition coefficient (Wildman–Crippen LogP) is 1.16. The lowest BCUT2D eigenvalue weighted by molar-refractivity contribution is 0.444. The Balaban J connectivity index is 1.67. The smallest absolute Gasteiger partial charge is 0.279 e. The molecule has 0 amide bonds. The van der Waals surface area contributed by atoms with Crippen LogP contribution in [0.4, 0.5) is 0 Å². The lowest BCUT2D eigenvalue weighted by Crippen LogP contribution is -2.39. The highest BCUT2D eigenvalue weighted by Gasteiger charge is 2.20. The van der Waals surface area contributed by atoms with Crippen molar-refractivity contribution in [3.05, 3.63) is 22.4 Å². The molecule has 108 valence electrons. The molecule has 0 unspecified atom stereocenters. The summed E-state index contributed by atoms with van der Waals surface area (Å²) in [5, 5.41) is 7.27. The Morgan fingerprint density at radius 2 is 2.26 bits per heavy atom. The Morgan fingerprint density at radius 3 is 2.89 bits per heavy atom. The minimum atomic E-state index is -3.36. The third kappa shape index (κ3) is 5.19. The lowest BCUT2D eigenvalue weighted by atomic mass is 10.4. The summed E-state index contributed by atoms with van der Waals surface area (Å²) in [6.45, 7) is 1.78. The van der Waals surface area contributed by atoms with Crippen molar-refractivity contribution < 1.29 is 8.42 Å². The minimum absolute atomic E-state index is 0.358. The van der Waals surface area contributed by atoms with E-state index in [4.69, 9.17) is 0 Å². The predicted molar refractivity (Wildman–Crippen MR) is 78.4 cm³/mol. The van der Waals surface area contributed by atoms with E-state index in [1.54, 1.807) is 18.4 Å². The third-order valence-electron chi connectivity index (χ3n) is 3.11. The normalized spacial score (nSPS) is 16.1. The third-order valence-corrected chi connectivity index (χ3v) is 5.35. The van der Waals surface area contributed by atoms with Crippen LogP contribution in [-0.4, -0.2) is 38.9 Å². The fourth-order valence-electron chi connectivity index (χ4n) is 1.69. The summed E-state index contributed by atoms with van der Waals surface area (Å²) in [6.07, 6.45) is 3.36. The van der Waals surface area contributed by atoms with Crippen molar-refractivity contribution in [1.82, 2.24) is 14.3 Å². The number of nitrogens with zero attached hydrogens (tertiary/aromatic N) is 1. The van der Waals surface area contributed by atoms with Crippen LogP contribution in [0.5, 0.6) is 0 Å². The van der Waals surface area contributed by atoms with Crippen LogP contribution >= 0.6 is 11.3 Å². The molecule has 5 nitrogen and oxygen atoms in total. The first-order valence-corrected chi connectivity index (χ1v) is 8.91. The van der Waals surface area contributed by atoms with E-state index < -0.39 is 10.2 Å². The molecule has 0 aliphatic heterocycles. The summed E-state index contributed by atoms with van der Waals surface area (Å²) in [7, 11) is -1.74. The summed E-state index contributed by atoms with van der Waals surface area (Å²) >= 11 is 1.57. The van der Waals surface area contributed by atoms with Gasteiger partial charge in [-0.25, -0.2) is 0 Å². The largest absolute Gasteiger partial charge is 0.314 e. The molecule has 1 aliphatic rings. The van der Waals surface area contributed by atoms with Crippen molar-refractivity contribution in [3.8, 4) is 0 Å². The first-order chi connectivity index (χ1) is 9.08. The number of hydrogen-bond acceptors (Lipinski definition) is 4. The van der Waals surface area contributed by atoms with Crippen molar-refractivity contribution in [3.63, 3.8) is 0 Å². The van der Waals surface area contributed by atoms with E-state index in [1.807, 2.05) is 16.8 Å². The second-order valence-corrected chi connectivity index (χ2v) is 7.50. The van der Waals surface area contributed by atoms with Gasteiger partial charge in [-0.3, -0.25) is 0 Å². The van der Waals surface area contributed by atoms with Crippen LogP contribution in [0.2, 0.25) is 0 Å². The van der Waals surface area contributed by atoms with Gasteiger partial charge in [-0.15, -0.1) is 0 Å². The molecule has 0 spiro atoms. The highest BCUT2D eigenvalue weighted by Crippen LogP contribution is 2.18. The van der Waals surface area contributed by atoms with Crippen LogP contribution in [-0.2, 0) is 16.8 Å². The van der Waals surface area contributed by atoms with Gasteiger partial charge in [0.25, 0.3) is 10.2 Å². The topological polar surface area (TPSA) is 61.4 Å². The highest BCUT2D eigenvalue weighted by molar-refractivity contribution is 7.87. The van der Waals surface area contributed by atoms with Crippen LogP contribution in [0.1, 0.15) is 24.8 Å². The van der Waals surface area contributed by atoms with Crippen LogP contribution < -0.4 is 10.0 Å². The van der Waals surface area contributed by atoms with Gasteiger partial charge in [0.05, 0.1) is 0 Å². The van der Waals surface area contributed by atoms with Crippen LogP contribution in [0.3, 0.4) is 0 Å². The molecule has 1 heterocycles.